The van der Waals surface area contributed by atoms with Crippen LogP contribution in [0.15, 0.2) is 23.0 Å². The average molecular weight is 577 g/mol. The fraction of sp³-hybridized carbons (Fsp3) is 0.522. The molecular weight excluding hydrogens is 555 g/mol. The topological polar surface area (TPSA) is 132 Å². The highest BCUT2D eigenvalue weighted by molar-refractivity contribution is 5.95. The van der Waals surface area contributed by atoms with Crippen LogP contribution in [0, 0.1) is 5.92 Å². The number of carbonyl (C=O) groups excluding carboxylic acids is 2. The lowest BCUT2D eigenvalue weighted by Gasteiger charge is -2.32. The number of hydrogen-bond acceptors (Lipinski definition) is 6. The number of rotatable bonds is 7. The highest BCUT2D eigenvalue weighted by Crippen LogP contribution is 2.46. The molecule has 3 N–H and O–H groups in total. The van der Waals surface area contributed by atoms with Gasteiger partial charge in [0.25, 0.3) is 12.3 Å². The van der Waals surface area contributed by atoms with Gasteiger partial charge >= 0.3 is 12.2 Å². The molecule has 1 aliphatic heterocycles. The summed E-state index contributed by atoms with van der Waals surface area (Å²) < 4.78 is 100. The quantitative estimate of drug-likeness (QED) is 0.406. The Bertz CT molecular complexity index is 1430. The van der Waals surface area contributed by atoms with Crippen molar-refractivity contribution < 1.29 is 44.8 Å². The molecule has 5 rings (SSSR count). The van der Waals surface area contributed by atoms with E-state index in [0.717, 1.165) is 4.90 Å². The second-order valence-electron chi connectivity index (χ2n) is 9.90. The molecule has 1 saturated carbocycles. The molecule has 40 heavy (non-hydrogen) atoms. The molecule has 0 unspecified atom stereocenters. The van der Waals surface area contributed by atoms with Crippen LogP contribution in [0.5, 0.6) is 0 Å². The first-order chi connectivity index (χ1) is 18.7. The maximum absolute atomic E-state index is 13.9. The van der Waals surface area contributed by atoms with E-state index in [9.17, 15) is 40.3 Å². The Morgan fingerprint density at radius 1 is 1.25 bits per heavy atom. The minimum absolute atomic E-state index is 0.0441. The smallest absolute Gasteiger partial charge is 0.365 e. The fourth-order valence-corrected chi connectivity index (χ4v) is 5.21. The average Bonchev–Trinajstić information content (AvgIpc) is 3.57. The molecule has 3 amide bonds. The Labute approximate surface area is 220 Å². The number of halogens is 7. The third kappa shape index (κ3) is 5.28. The lowest BCUT2D eigenvalue weighted by molar-refractivity contribution is -0.149. The van der Waals surface area contributed by atoms with Crippen molar-refractivity contribution >= 4 is 17.6 Å². The van der Waals surface area contributed by atoms with Crippen molar-refractivity contribution in [2.75, 3.05) is 6.54 Å². The zero-order valence-electron chi connectivity index (χ0n) is 20.5. The zero-order valence-corrected chi connectivity index (χ0v) is 20.5. The van der Waals surface area contributed by atoms with Gasteiger partial charge in [0.05, 0.1) is 30.6 Å². The Morgan fingerprint density at radius 2 is 1.95 bits per heavy atom. The number of nitrogens with zero attached hydrogens (tertiary/aromatic N) is 5. The minimum atomic E-state index is -4.61. The summed E-state index contributed by atoms with van der Waals surface area (Å²) in [5, 5.41) is 9.35. The Balaban J connectivity index is 1.49. The Kier molecular flexibility index (Phi) is 6.86. The summed E-state index contributed by atoms with van der Waals surface area (Å²) >= 11 is 0. The van der Waals surface area contributed by atoms with E-state index in [1.807, 2.05) is 5.32 Å². The van der Waals surface area contributed by atoms with E-state index in [4.69, 9.17) is 10.3 Å². The van der Waals surface area contributed by atoms with Gasteiger partial charge in [-0.2, -0.15) is 18.3 Å². The van der Waals surface area contributed by atoms with Crippen LogP contribution in [-0.2, 0) is 6.54 Å². The summed E-state index contributed by atoms with van der Waals surface area (Å²) in [6.07, 6.45) is -6.16. The molecule has 0 spiro atoms. The van der Waals surface area contributed by atoms with Gasteiger partial charge in [0.15, 0.2) is 17.1 Å². The standard InChI is InChI=1S/C23H22F7N7O3/c24-19(25)17-16(20(31)38)18(40-35-17)15(11-1-3-22(26,27)4-2-11)12-8-37-14(33-12)5-10(6-32-37)7-36-9-13(23(28,29)30)34-21(36)39/h5-6,8,11,13,15,19H,1-4,7,9H2,(H2,31,38)(H,34,39)/t13-,15-/m0/s1. The summed E-state index contributed by atoms with van der Waals surface area (Å²) in [6, 6.07) is -1.46. The Hall–Kier alpha value is -3.92. The number of primary amides is 1. The van der Waals surface area contributed by atoms with Gasteiger partial charge in [-0.25, -0.2) is 31.9 Å². The molecule has 0 radical (unpaired) electrons. The number of hydrogen-bond donors (Lipinski definition) is 2. The Morgan fingerprint density at radius 3 is 2.55 bits per heavy atom. The first kappa shape index (κ1) is 27.6. The zero-order chi connectivity index (χ0) is 29.0. The number of alkyl halides is 7. The van der Waals surface area contributed by atoms with Crippen molar-refractivity contribution in [2.45, 2.75) is 62.7 Å². The minimum Gasteiger partial charge on any atom is -0.365 e. The number of carbonyl (C=O) groups is 2. The maximum Gasteiger partial charge on any atom is 0.410 e. The third-order valence-electron chi connectivity index (χ3n) is 7.18. The van der Waals surface area contributed by atoms with Crippen LogP contribution >= 0.6 is 0 Å². The molecule has 4 heterocycles. The number of nitrogens with one attached hydrogen (secondary N) is 1. The van der Waals surface area contributed by atoms with Crippen LogP contribution in [0.2, 0.25) is 0 Å². The summed E-state index contributed by atoms with van der Waals surface area (Å²) in [5.74, 6) is -6.13. The van der Waals surface area contributed by atoms with Crippen LogP contribution in [0.4, 0.5) is 35.5 Å². The number of aromatic nitrogens is 4. The van der Waals surface area contributed by atoms with Crippen LogP contribution in [0.3, 0.4) is 0 Å². The highest BCUT2D eigenvalue weighted by Gasteiger charge is 2.47. The largest absolute Gasteiger partial charge is 0.410 e. The van der Waals surface area contributed by atoms with Crippen molar-refractivity contribution in [1.82, 2.24) is 30.0 Å². The number of urea groups is 1. The van der Waals surface area contributed by atoms with E-state index < -0.39 is 79.0 Å². The van der Waals surface area contributed by atoms with Gasteiger partial charge in [-0.1, -0.05) is 5.16 Å². The van der Waals surface area contributed by atoms with Gasteiger partial charge in [0.1, 0.15) is 11.6 Å². The van der Waals surface area contributed by atoms with Crippen LogP contribution in [0.25, 0.3) is 5.65 Å². The molecule has 2 aliphatic rings. The summed E-state index contributed by atoms with van der Waals surface area (Å²) in [5.41, 5.74) is 4.40. The van der Waals surface area contributed by atoms with Crippen LogP contribution in [0.1, 0.15) is 71.1 Å². The van der Waals surface area contributed by atoms with E-state index in [0.29, 0.717) is 5.56 Å². The number of amides is 3. The summed E-state index contributed by atoms with van der Waals surface area (Å²) in [7, 11) is 0. The normalized spacial score (nSPS) is 20.9. The predicted molar refractivity (Wildman–Crippen MR) is 120 cm³/mol. The van der Waals surface area contributed by atoms with Crippen molar-refractivity contribution in [3.63, 3.8) is 0 Å². The van der Waals surface area contributed by atoms with Gasteiger partial charge in [-0.15, -0.1) is 0 Å². The van der Waals surface area contributed by atoms with Gasteiger partial charge in [0.2, 0.25) is 5.92 Å². The first-order valence-corrected chi connectivity index (χ1v) is 12.1. The van der Waals surface area contributed by atoms with Crippen LogP contribution in [-0.4, -0.2) is 61.3 Å². The van der Waals surface area contributed by atoms with Crippen molar-refractivity contribution in [1.29, 1.82) is 0 Å². The lowest BCUT2D eigenvalue weighted by atomic mass is 9.75. The summed E-state index contributed by atoms with van der Waals surface area (Å²) in [4.78, 5) is 29.6. The van der Waals surface area contributed by atoms with Crippen LogP contribution < -0.4 is 11.1 Å². The van der Waals surface area contributed by atoms with E-state index in [1.165, 1.54) is 23.0 Å². The molecule has 0 aromatic carbocycles. The molecule has 1 aliphatic carbocycles. The molecule has 3 aromatic heterocycles. The number of imidazole rings is 1. The van der Waals surface area contributed by atoms with E-state index >= 15 is 0 Å². The van der Waals surface area contributed by atoms with Crippen molar-refractivity contribution in [2.24, 2.45) is 11.7 Å². The second kappa shape index (κ2) is 9.92. The van der Waals surface area contributed by atoms with Crippen molar-refractivity contribution in [3.8, 4) is 0 Å². The van der Waals surface area contributed by atoms with Gasteiger partial charge in [-0.3, -0.25) is 4.79 Å². The second-order valence-corrected chi connectivity index (χ2v) is 9.90. The van der Waals surface area contributed by atoms with Gasteiger partial charge in [-0.05, 0) is 30.4 Å². The molecule has 3 aromatic rings. The van der Waals surface area contributed by atoms with Gasteiger partial charge in [0, 0.05) is 19.4 Å². The SMILES string of the molecule is NC(=O)c1c(C(F)F)noc1[C@H](c1cn2ncc(CN3C[C@@H](C(F)(F)F)NC3=O)cc2n1)C1CCC(F)(F)CC1. The van der Waals surface area contributed by atoms with E-state index in [2.05, 4.69) is 15.2 Å². The third-order valence-corrected chi connectivity index (χ3v) is 7.18. The first-order valence-electron chi connectivity index (χ1n) is 12.1. The van der Waals surface area contributed by atoms with Gasteiger partial charge < -0.3 is 20.5 Å². The molecule has 2 fully saturated rings. The van der Waals surface area contributed by atoms with Crippen molar-refractivity contribution in [3.05, 3.63) is 46.7 Å². The van der Waals surface area contributed by atoms with E-state index in [-0.39, 0.29) is 36.5 Å². The molecule has 17 heteroatoms. The highest BCUT2D eigenvalue weighted by atomic mass is 19.4. The predicted octanol–water partition coefficient (Wildman–Crippen LogP) is 4.17. The molecule has 216 valence electrons. The molecule has 1 saturated heterocycles. The fourth-order valence-electron chi connectivity index (χ4n) is 5.21. The maximum atomic E-state index is 13.9. The molecule has 2 atom stereocenters. The van der Waals surface area contributed by atoms with E-state index in [1.54, 1.807) is 0 Å². The molecule has 10 nitrogen and oxygen atoms in total. The number of fused-ring (bicyclic) bond motifs is 1. The summed E-state index contributed by atoms with van der Waals surface area (Å²) in [6.45, 7) is -0.813. The number of nitrogens with two attached hydrogens (primary N) is 1. The monoisotopic (exact) mass is 577 g/mol. The molecule has 0 bridgehead atoms. The lowest BCUT2D eigenvalue weighted by Crippen LogP contribution is -2.40. The molecular formula is C23H22F7N7O3.